The molecule has 0 amide bonds. The molecule has 2 fully saturated rings. The summed E-state index contributed by atoms with van der Waals surface area (Å²) in [6.07, 6.45) is 4.04. The van der Waals surface area contributed by atoms with Crippen molar-refractivity contribution in [2.75, 3.05) is 19.6 Å². The van der Waals surface area contributed by atoms with Crippen LogP contribution in [0.3, 0.4) is 0 Å². The fraction of sp³-hybridized carbons (Fsp3) is 0.600. The third kappa shape index (κ3) is 2.12. The normalized spacial score (nSPS) is 31.1. The van der Waals surface area contributed by atoms with E-state index >= 15 is 0 Å². The van der Waals surface area contributed by atoms with E-state index in [-0.39, 0.29) is 0 Å². The first-order valence-corrected chi connectivity index (χ1v) is 6.83. The van der Waals surface area contributed by atoms with Gasteiger partial charge in [0.15, 0.2) is 0 Å². The van der Waals surface area contributed by atoms with Gasteiger partial charge in [-0.1, -0.05) is 30.3 Å². The summed E-state index contributed by atoms with van der Waals surface area (Å²) in [5, 5.41) is 3.73. The molecule has 3 rings (SSSR count). The van der Waals surface area contributed by atoms with Crippen molar-refractivity contribution in [3.8, 4) is 0 Å². The zero-order valence-corrected chi connectivity index (χ0v) is 10.7. The van der Waals surface area contributed by atoms with Crippen LogP contribution < -0.4 is 5.32 Å². The highest BCUT2D eigenvalue weighted by Gasteiger charge is 2.41. The second kappa shape index (κ2) is 4.43. The van der Waals surface area contributed by atoms with Gasteiger partial charge < -0.3 is 5.32 Å². The Morgan fingerprint density at radius 2 is 2.06 bits per heavy atom. The maximum absolute atomic E-state index is 3.73. The van der Waals surface area contributed by atoms with Crippen LogP contribution >= 0.6 is 0 Å². The van der Waals surface area contributed by atoms with E-state index in [4.69, 9.17) is 0 Å². The molecule has 1 N–H and O–H groups in total. The smallest absolute Gasteiger partial charge is 0.0321 e. The molecule has 0 saturated carbocycles. The quantitative estimate of drug-likeness (QED) is 0.840. The summed E-state index contributed by atoms with van der Waals surface area (Å²) in [5.41, 5.74) is 1.89. The zero-order chi connectivity index (χ0) is 11.7. The molecule has 0 aromatic heterocycles. The molecule has 2 nitrogen and oxygen atoms in total. The van der Waals surface area contributed by atoms with Crippen LogP contribution in [0.25, 0.3) is 0 Å². The summed E-state index contributed by atoms with van der Waals surface area (Å²) in [6.45, 7) is 6.02. The van der Waals surface area contributed by atoms with Gasteiger partial charge in [-0.15, -0.1) is 0 Å². The summed E-state index contributed by atoms with van der Waals surface area (Å²) in [4.78, 5) is 2.63. The Hall–Kier alpha value is -0.860. The molecular formula is C15H22N2. The summed E-state index contributed by atoms with van der Waals surface area (Å²) in [5.74, 6) is 0. The maximum Gasteiger partial charge on any atom is 0.0321 e. The highest BCUT2D eigenvalue weighted by molar-refractivity contribution is 5.19. The van der Waals surface area contributed by atoms with E-state index in [1.807, 2.05) is 0 Å². The predicted molar refractivity (Wildman–Crippen MR) is 71.0 cm³/mol. The van der Waals surface area contributed by atoms with Crippen molar-refractivity contribution in [2.24, 2.45) is 0 Å². The molecule has 0 aliphatic carbocycles. The third-order valence-corrected chi connectivity index (χ3v) is 4.55. The molecule has 2 heteroatoms. The third-order valence-electron chi connectivity index (χ3n) is 4.55. The van der Waals surface area contributed by atoms with E-state index in [1.165, 1.54) is 44.5 Å². The van der Waals surface area contributed by atoms with Crippen molar-refractivity contribution >= 4 is 0 Å². The average Bonchev–Trinajstić information content (AvgIpc) is 3.01. The Morgan fingerprint density at radius 1 is 1.24 bits per heavy atom. The van der Waals surface area contributed by atoms with Crippen LogP contribution in [-0.2, 0) is 0 Å². The van der Waals surface area contributed by atoms with Crippen molar-refractivity contribution in [3.63, 3.8) is 0 Å². The van der Waals surface area contributed by atoms with E-state index in [1.54, 1.807) is 0 Å². The summed E-state index contributed by atoms with van der Waals surface area (Å²) in [6, 6.07) is 11.4. The Kier molecular flexibility index (Phi) is 2.93. The summed E-state index contributed by atoms with van der Waals surface area (Å²) >= 11 is 0. The second-order valence-corrected chi connectivity index (χ2v) is 5.62. The first-order valence-electron chi connectivity index (χ1n) is 6.83. The first kappa shape index (κ1) is 11.2. The molecule has 2 aliphatic rings. The Morgan fingerprint density at radius 3 is 2.76 bits per heavy atom. The van der Waals surface area contributed by atoms with Gasteiger partial charge in [0.25, 0.3) is 0 Å². The van der Waals surface area contributed by atoms with Gasteiger partial charge in [-0.2, -0.15) is 0 Å². The molecule has 0 radical (unpaired) electrons. The van der Waals surface area contributed by atoms with Crippen molar-refractivity contribution in [2.45, 2.75) is 37.8 Å². The topological polar surface area (TPSA) is 15.3 Å². The van der Waals surface area contributed by atoms with Gasteiger partial charge in [-0.25, -0.2) is 0 Å². The van der Waals surface area contributed by atoms with Crippen molar-refractivity contribution < 1.29 is 0 Å². The molecule has 0 unspecified atom stereocenters. The van der Waals surface area contributed by atoms with Gasteiger partial charge >= 0.3 is 0 Å². The van der Waals surface area contributed by atoms with Crippen LogP contribution in [0.1, 0.15) is 37.8 Å². The molecule has 2 heterocycles. The summed E-state index contributed by atoms with van der Waals surface area (Å²) in [7, 11) is 0. The average molecular weight is 230 g/mol. The number of nitrogens with zero attached hydrogens (tertiary/aromatic N) is 1. The lowest BCUT2D eigenvalue weighted by atomic mass is 9.97. The van der Waals surface area contributed by atoms with Crippen LogP contribution in [0.2, 0.25) is 0 Å². The Balaban J connectivity index is 1.70. The van der Waals surface area contributed by atoms with Crippen LogP contribution in [-0.4, -0.2) is 30.1 Å². The van der Waals surface area contributed by atoms with Gasteiger partial charge in [0.2, 0.25) is 0 Å². The minimum absolute atomic E-state index is 0.447. The number of nitrogens with one attached hydrogen (secondary N) is 1. The SMILES string of the molecule is C[C@H](c1ccccc1)N1CC[C@@]2(CCCN2)C1. The lowest BCUT2D eigenvalue weighted by Crippen LogP contribution is -2.42. The lowest BCUT2D eigenvalue weighted by molar-refractivity contribution is 0.238. The van der Waals surface area contributed by atoms with Gasteiger partial charge in [-0.3, -0.25) is 4.90 Å². The largest absolute Gasteiger partial charge is 0.310 e. The zero-order valence-electron chi connectivity index (χ0n) is 10.7. The standard InChI is InChI=1S/C15H22N2/c1-13(14-6-3-2-4-7-14)17-11-9-15(12-17)8-5-10-16-15/h2-4,6-7,13,16H,5,8-12H2,1H3/t13-,15+/m1/s1. The number of hydrogen-bond acceptors (Lipinski definition) is 2. The number of benzene rings is 1. The fourth-order valence-electron chi connectivity index (χ4n) is 3.39. The molecule has 92 valence electrons. The van der Waals surface area contributed by atoms with Gasteiger partial charge in [0.05, 0.1) is 0 Å². The summed E-state index contributed by atoms with van der Waals surface area (Å²) < 4.78 is 0. The molecule has 1 aromatic rings. The maximum atomic E-state index is 3.73. The minimum atomic E-state index is 0.447. The lowest BCUT2D eigenvalue weighted by Gasteiger charge is -2.28. The van der Waals surface area contributed by atoms with Crippen molar-refractivity contribution in [1.82, 2.24) is 10.2 Å². The van der Waals surface area contributed by atoms with E-state index < -0.39 is 0 Å². The Labute approximate surface area is 104 Å². The second-order valence-electron chi connectivity index (χ2n) is 5.62. The van der Waals surface area contributed by atoms with Crippen molar-refractivity contribution in [1.29, 1.82) is 0 Å². The van der Waals surface area contributed by atoms with Gasteiger partial charge in [0.1, 0.15) is 0 Å². The highest BCUT2D eigenvalue weighted by atomic mass is 15.2. The molecule has 2 atom stereocenters. The van der Waals surface area contributed by atoms with Crippen LogP contribution in [0.4, 0.5) is 0 Å². The van der Waals surface area contributed by atoms with Gasteiger partial charge in [0, 0.05) is 24.7 Å². The van der Waals surface area contributed by atoms with E-state index in [9.17, 15) is 0 Å². The van der Waals surface area contributed by atoms with Gasteiger partial charge in [-0.05, 0) is 38.3 Å². The number of hydrogen-bond donors (Lipinski definition) is 1. The predicted octanol–water partition coefficient (Wildman–Crippen LogP) is 2.58. The van der Waals surface area contributed by atoms with Crippen molar-refractivity contribution in [3.05, 3.63) is 35.9 Å². The fourth-order valence-corrected chi connectivity index (χ4v) is 3.39. The van der Waals surface area contributed by atoms with Crippen LogP contribution in [0, 0.1) is 0 Å². The van der Waals surface area contributed by atoms with E-state index in [0.29, 0.717) is 11.6 Å². The van der Waals surface area contributed by atoms with Crippen LogP contribution in [0.5, 0.6) is 0 Å². The molecule has 17 heavy (non-hydrogen) atoms. The molecular weight excluding hydrogens is 208 g/mol. The minimum Gasteiger partial charge on any atom is -0.310 e. The van der Waals surface area contributed by atoms with Crippen LogP contribution in [0.15, 0.2) is 30.3 Å². The Bertz CT molecular complexity index is 368. The number of likely N-dealkylation sites (tertiary alicyclic amines) is 1. The molecule has 1 aromatic carbocycles. The highest BCUT2D eigenvalue weighted by Crippen LogP contribution is 2.34. The van der Waals surface area contributed by atoms with E-state index in [0.717, 1.165) is 0 Å². The first-order chi connectivity index (χ1) is 8.29. The molecule has 2 aliphatic heterocycles. The monoisotopic (exact) mass is 230 g/mol. The van der Waals surface area contributed by atoms with E-state index in [2.05, 4.69) is 47.5 Å². The molecule has 2 saturated heterocycles. The molecule has 1 spiro atoms. The number of rotatable bonds is 2. The molecule has 0 bridgehead atoms.